The molecular weight excluding hydrogens is 296 g/mol. The van der Waals surface area contributed by atoms with Gasteiger partial charge in [0.1, 0.15) is 6.61 Å². The highest BCUT2D eigenvalue weighted by Gasteiger charge is 2.09. The van der Waals surface area contributed by atoms with Crippen molar-refractivity contribution in [2.75, 3.05) is 6.61 Å². The first-order valence-electron chi connectivity index (χ1n) is 7.69. The monoisotopic (exact) mass is 316 g/mol. The van der Waals surface area contributed by atoms with Gasteiger partial charge >= 0.3 is 5.97 Å². The van der Waals surface area contributed by atoms with Crippen molar-refractivity contribution in [1.29, 1.82) is 0 Å². The largest absolute Gasteiger partial charge is 0.458 e. The Hall–Kier alpha value is -3.13. The van der Waals surface area contributed by atoms with Gasteiger partial charge in [0.15, 0.2) is 0 Å². The topological polar surface area (TPSA) is 26.3 Å². The third-order valence-electron chi connectivity index (χ3n) is 3.38. The molecule has 2 nitrogen and oxygen atoms in total. The summed E-state index contributed by atoms with van der Waals surface area (Å²) >= 11 is 0. The van der Waals surface area contributed by atoms with Crippen LogP contribution in [0.25, 0.3) is 16.8 Å². The molecule has 0 heterocycles. The minimum absolute atomic E-state index is 0.238. The normalized spacial score (nSPS) is 9.50. The molecule has 0 aliphatic carbocycles. The molecule has 0 saturated heterocycles. The molecule has 3 aromatic carbocycles. The Morgan fingerprint density at radius 1 is 0.875 bits per heavy atom. The molecule has 0 atom stereocenters. The molecule has 0 spiro atoms. The number of hydrogen-bond donors (Lipinski definition) is 0. The second-order valence-electron chi connectivity index (χ2n) is 5.03. The average Bonchev–Trinajstić information content (AvgIpc) is 2.66. The van der Waals surface area contributed by atoms with Crippen molar-refractivity contribution in [3.63, 3.8) is 0 Å². The fourth-order valence-corrected chi connectivity index (χ4v) is 2.20. The van der Waals surface area contributed by atoms with Crippen molar-refractivity contribution in [3.05, 3.63) is 103 Å². The van der Waals surface area contributed by atoms with Crippen LogP contribution in [0.5, 0.6) is 0 Å². The molecule has 120 valence electrons. The molecular formula is C22H20O2. The lowest BCUT2D eigenvalue weighted by atomic mass is 10.1. The van der Waals surface area contributed by atoms with Gasteiger partial charge in [-0.25, -0.2) is 4.79 Å². The van der Waals surface area contributed by atoms with Gasteiger partial charge in [-0.15, -0.1) is 0 Å². The van der Waals surface area contributed by atoms with Crippen LogP contribution in [0.4, 0.5) is 0 Å². The molecule has 0 amide bonds. The number of ether oxygens (including phenoxy) is 1. The summed E-state index contributed by atoms with van der Waals surface area (Å²) in [5, 5.41) is 1.95. The summed E-state index contributed by atoms with van der Waals surface area (Å²) < 4.78 is 5.03. The van der Waals surface area contributed by atoms with E-state index in [0.717, 1.165) is 10.8 Å². The lowest BCUT2D eigenvalue weighted by Gasteiger charge is -2.05. The van der Waals surface area contributed by atoms with Crippen LogP contribution >= 0.6 is 0 Å². The van der Waals surface area contributed by atoms with Crippen molar-refractivity contribution < 1.29 is 9.53 Å². The second-order valence-corrected chi connectivity index (χ2v) is 5.03. The van der Waals surface area contributed by atoms with Crippen LogP contribution in [-0.2, 0) is 4.74 Å². The molecule has 3 rings (SSSR count). The molecule has 0 fully saturated rings. The lowest BCUT2D eigenvalue weighted by molar-refractivity contribution is 0.0552. The molecule has 0 aromatic heterocycles. The van der Waals surface area contributed by atoms with Crippen molar-refractivity contribution >= 4 is 22.8 Å². The van der Waals surface area contributed by atoms with E-state index in [9.17, 15) is 4.79 Å². The van der Waals surface area contributed by atoms with E-state index in [1.54, 1.807) is 12.1 Å². The molecule has 0 unspecified atom stereocenters. The number of fused-ring (bicyclic) bond motifs is 1. The van der Waals surface area contributed by atoms with Gasteiger partial charge in [-0.05, 0) is 22.4 Å². The smallest absolute Gasteiger partial charge is 0.339 e. The van der Waals surface area contributed by atoms with Gasteiger partial charge < -0.3 is 4.74 Å². The molecule has 0 radical (unpaired) electrons. The molecule has 0 aliphatic heterocycles. The highest BCUT2D eigenvalue weighted by Crippen LogP contribution is 2.19. The van der Waals surface area contributed by atoms with Crippen molar-refractivity contribution in [1.82, 2.24) is 0 Å². The SMILES string of the molecule is C=CCOC(=O)c1cccc2ccccc12.C=Cc1ccccc1. The summed E-state index contributed by atoms with van der Waals surface area (Å²) in [6, 6.07) is 23.4. The molecule has 2 heteroatoms. The Labute approximate surface area is 142 Å². The summed E-state index contributed by atoms with van der Waals surface area (Å²) in [6.07, 6.45) is 3.39. The number of hydrogen-bond acceptors (Lipinski definition) is 2. The zero-order chi connectivity index (χ0) is 17.2. The van der Waals surface area contributed by atoms with Crippen LogP contribution in [0.1, 0.15) is 15.9 Å². The van der Waals surface area contributed by atoms with E-state index >= 15 is 0 Å². The number of rotatable bonds is 4. The molecule has 0 bridgehead atoms. The third kappa shape index (κ3) is 4.68. The van der Waals surface area contributed by atoms with Crippen LogP contribution in [-0.4, -0.2) is 12.6 Å². The summed E-state index contributed by atoms with van der Waals surface area (Å²) in [4.78, 5) is 11.7. The highest BCUT2D eigenvalue weighted by molar-refractivity contribution is 6.04. The predicted octanol–water partition coefficient (Wildman–Crippen LogP) is 5.51. The molecule has 0 saturated carbocycles. The van der Waals surface area contributed by atoms with E-state index in [0.29, 0.717) is 5.56 Å². The standard InChI is InChI=1S/C14H12O2.C8H8/c1-2-10-16-14(15)13-9-5-7-11-6-3-4-8-12(11)13;1-2-8-6-4-3-5-7-8/h2-9H,1,10H2;2-7H,1H2. The van der Waals surface area contributed by atoms with Gasteiger partial charge in [0.05, 0.1) is 5.56 Å². The van der Waals surface area contributed by atoms with Crippen LogP contribution in [0, 0.1) is 0 Å². The Balaban J connectivity index is 0.000000219. The lowest BCUT2D eigenvalue weighted by Crippen LogP contribution is -2.05. The van der Waals surface area contributed by atoms with Gasteiger partial charge in [0.2, 0.25) is 0 Å². The summed E-state index contributed by atoms with van der Waals surface area (Å²) in [7, 11) is 0. The summed E-state index contributed by atoms with van der Waals surface area (Å²) in [5.74, 6) is -0.309. The zero-order valence-electron chi connectivity index (χ0n) is 13.5. The fourth-order valence-electron chi connectivity index (χ4n) is 2.20. The average molecular weight is 316 g/mol. The van der Waals surface area contributed by atoms with Gasteiger partial charge in [0.25, 0.3) is 0 Å². The predicted molar refractivity (Wildman–Crippen MR) is 101 cm³/mol. The molecule has 0 N–H and O–H groups in total. The minimum Gasteiger partial charge on any atom is -0.458 e. The van der Waals surface area contributed by atoms with Gasteiger partial charge in [0, 0.05) is 0 Å². The first-order chi connectivity index (χ1) is 11.8. The first-order valence-corrected chi connectivity index (χ1v) is 7.69. The first kappa shape index (κ1) is 17.2. The van der Waals surface area contributed by atoms with Crippen molar-refractivity contribution in [2.45, 2.75) is 0 Å². The molecule has 3 aromatic rings. The van der Waals surface area contributed by atoms with Crippen LogP contribution in [0.2, 0.25) is 0 Å². The van der Waals surface area contributed by atoms with Gasteiger partial charge in [-0.1, -0.05) is 92.0 Å². The second kappa shape index (κ2) is 9.11. The maximum atomic E-state index is 11.7. The maximum absolute atomic E-state index is 11.7. The maximum Gasteiger partial charge on any atom is 0.339 e. The highest BCUT2D eigenvalue weighted by atomic mass is 16.5. The molecule has 24 heavy (non-hydrogen) atoms. The van der Waals surface area contributed by atoms with Crippen LogP contribution in [0.3, 0.4) is 0 Å². The summed E-state index contributed by atoms with van der Waals surface area (Å²) in [6.45, 7) is 7.38. The van der Waals surface area contributed by atoms with Gasteiger partial charge in [-0.2, -0.15) is 0 Å². The van der Waals surface area contributed by atoms with Crippen molar-refractivity contribution in [3.8, 4) is 0 Å². The minimum atomic E-state index is -0.309. The molecule has 0 aliphatic rings. The summed E-state index contributed by atoms with van der Waals surface area (Å²) in [5.41, 5.74) is 1.77. The van der Waals surface area contributed by atoms with Crippen LogP contribution < -0.4 is 0 Å². The zero-order valence-corrected chi connectivity index (χ0v) is 13.5. The van der Waals surface area contributed by atoms with E-state index < -0.39 is 0 Å². The van der Waals surface area contributed by atoms with Crippen molar-refractivity contribution in [2.24, 2.45) is 0 Å². The third-order valence-corrected chi connectivity index (χ3v) is 3.38. The Bertz CT molecular complexity index is 814. The van der Waals surface area contributed by atoms with Gasteiger partial charge in [-0.3, -0.25) is 0 Å². The number of carbonyl (C=O) groups excluding carboxylic acids is 1. The van der Waals surface area contributed by atoms with Crippen LogP contribution in [0.15, 0.2) is 92.0 Å². The van der Waals surface area contributed by atoms with E-state index in [2.05, 4.69) is 13.2 Å². The van der Waals surface area contributed by atoms with E-state index in [4.69, 9.17) is 4.74 Å². The van der Waals surface area contributed by atoms with E-state index in [-0.39, 0.29) is 12.6 Å². The number of carbonyl (C=O) groups is 1. The Morgan fingerprint density at radius 3 is 2.21 bits per heavy atom. The van der Waals surface area contributed by atoms with E-state index in [1.165, 1.54) is 5.56 Å². The Morgan fingerprint density at radius 2 is 1.54 bits per heavy atom. The van der Waals surface area contributed by atoms with E-state index in [1.807, 2.05) is 72.8 Å². The Kier molecular flexibility index (Phi) is 6.54. The quantitative estimate of drug-likeness (QED) is 0.468. The number of benzene rings is 3. The fraction of sp³-hybridized carbons (Fsp3) is 0.0455. The number of esters is 1.